The van der Waals surface area contributed by atoms with Gasteiger partial charge in [-0.3, -0.25) is 0 Å². The maximum absolute atomic E-state index is 10.6. The van der Waals surface area contributed by atoms with Crippen LogP contribution in [-0.2, 0) is 4.79 Å². The number of aromatic nitrogens is 1. The van der Waals surface area contributed by atoms with Crippen LogP contribution in [-0.4, -0.2) is 18.4 Å². The average molecular weight is 179 g/mol. The topological polar surface area (TPSA) is 39.2 Å². The van der Waals surface area contributed by atoms with Crippen LogP contribution in [0.3, 0.4) is 0 Å². The monoisotopic (exact) mass is 179 g/mol. The molecule has 0 aliphatic carbocycles. The van der Waals surface area contributed by atoms with Gasteiger partial charge in [0.15, 0.2) is 0 Å². The molecule has 0 aliphatic rings. The summed E-state index contributed by atoms with van der Waals surface area (Å²) in [4.78, 5) is 14.7. The summed E-state index contributed by atoms with van der Waals surface area (Å²) in [7, 11) is 1.57. The highest BCUT2D eigenvalue weighted by molar-refractivity contribution is 5.61. The van der Waals surface area contributed by atoms with Crippen molar-refractivity contribution in [1.29, 1.82) is 0 Å². The molecule has 1 rings (SSSR count). The summed E-state index contributed by atoms with van der Waals surface area (Å²) < 4.78 is 5.00. The lowest BCUT2D eigenvalue weighted by atomic mass is 10.0. The number of hydrogen-bond donors (Lipinski definition) is 0. The molecular formula is C10H13NO2. The number of carbonyl (C=O) groups excluding carboxylic acids is 1. The van der Waals surface area contributed by atoms with Crippen LogP contribution in [0.5, 0.6) is 5.88 Å². The molecule has 1 atom stereocenters. The molecule has 0 amide bonds. The fourth-order valence-electron chi connectivity index (χ4n) is 1.11. The minimum Gasteiger partial charge on any atom is -0.481 e. The molecule has 70 valence electrons. The molecule has 1 unspecified atom stereocenters. The van der Waals surface area contributed by atoms with Crippen molar-refractivity contribution < 1.29 is 9.53 Å². The van der Waals surface area contributed by atoms with Gasteiger partial charge in [-0.1, -0.05) is 6.92 Å². The minimum atomic E-state index is -0.101. The van der Waals surface area contributed by atoms with Gasteiger partial charge < -0.3 is 9.53 Å². The number of rotatable bonds is 3. The molecular weight excluding hydrogens is 166 g/mol. The average Bonchev–Trinajstić information content (AvgIpc) is 2.15. The van der Waals surface area contributed by atoms with Crippen molar-refractivity contribution in [2.24, 2.45) is 0 Å². The van der Waals surface area contributed by atoms with Crippen molar-refractivity contribution in [3.8, 4) is 5.88 Å². The van der Waals surface area contributed by atoms with Crippen molar-refractivity contribution >= 4 is 6.29 Å². The summed E-state index contributed by atoms with van der Waals surface area (Å²) >= 11 is 0. The molecule has 1 aromatic heterocycles. The molecule has 1 aromatic rings. The number of aldehydes is 1. The number of pyridine rings is 1. The zero-order valence-corrected chi connectivity index (χ0v) is 8.07. The number of aryl methyl sites for hydroxylation is 1. The molecule has 0 N–H and O–H groups in total. The molecule has 0 bridgehead atoms. The van der Waals surface area contributed by atoms with Crippen LogP contribution in [0.4, 0.5) is 0 Å². The van der Waals surface area contributed by atoms with E-state index in [9.17, 15) is 4.79 Å². The summed E-state index contributed by atoms with van der Waals surface area (Å²) in [5.41, 5.74) is 1.81. The van der Waals surface area contributed by atoms with Gasteiger partial charge in [-0.05, 0) is 18.6 Å². The first kappa shape index (κ1) is 9.71. The molecule has 0 radical (unpaired) electrons. The smallest absolute Gasteiger partial charge is 0.213 e. The van der Waals surface area contributed by atoms with Gasteiger partial charge in [0.1, 0.15) is 6.29 Å². The SMILES string of the molecule is COc1cc(C(C)C=O)cc(C)n1. The summed E-state index contributed by atoms with van der Waals surface area (Å²) in [6.07, 6.45) is 0.911. The van der Waals surface area contributed by atoms with E-state index < -0.39 is 0 Å². The Balaban J connectivity index is 3.07. The molecule has 1 heterocycles. The van der Waals surface area contributed by atoms with Gasteiger partial charge in [-0.15, -0.1) is 0 Å². The number of ether oxygens (including phenoxy) is 1. The lowest BCUT2D eigenvalue weighted by molar-refractivity contribution is -0.108. The van der Waals surface area contributed by atoms with E-state index in [0.717, 1.165) is 17.5 Å². The Kier molecular flexibility index (Phi) is 3.01. The second kappa shape index (κ2) is 4.03. The van der Waals surface area contributed by atoms with Crippen molar-refractivity contribution in [3.63, 3.8) is 0 Å². The van der Waals surface area contributed by atoms with E-state index >= 15 is 0 Å². The van der Waals surface area contributed by atoms with Gasteiger partial charge in [0.05, 0.1) is 7.11 Å². The van der Waals surface area contributed by atoms with Gasteiger partial charge in [-0.25, -0.2) is 4.98 Å². The first-order valence-corrected chi connectivity index (χ1v) is 4.15. The lowest BCUT2D eigenvalue weighted by Gasteiger charge is -2.07. The van der Waals surface area contributed by atoms with Crippen LogP contribution in [0.2, 0.25) is 0 Å². The Morgan fingerprint density at radius 3 is 2.77 bits per heavy atom. The van der Waals surface area contributed by atoms with Crippen LogP contribution in [0.15, 0.2) is 12.1 Å². The van der Waals surface area contributed by atoms with E-state index in [0.29, 0.717) is 5.88 Å². The molecule has 0 saturated carbocycles. The van der Waals surface area contributed by atoms with Crippen molar-refractivity contribution in [2.75, 3.05) is 7.11 Å². The minimum absolute atomic E-state index is 0.101. The lowest BCUT2D eigenvalue weighted by Crippen LogP contribution is -1.98. The third-order valence-corrected chi connectivity index (χ3v) is 1.89. The highest BCUT2D eigenvalue weighted by atomic mass is 16.5. The van der Waals surface area contributed by atoms with Crippen molar-refractivity contribution in [2.45, 2.75) is 19.8 Å². The van der Waals surface area contributed by atoms with Gasteiger partial charge in [0.25, 0.3) is 0 Å². The Labute approximate surface area is 77.8 Å². The maximum atomic E-state index is 10.6. The van der Waals surface area contributed by atoms with Gasteiger partial charge in [0.2, 0.25) is 5.88 Å². The van der Waals surface area contributed by atoms with E-state index in [1.807, 2.05) is 19.9 Å². The van der Waals surface area contributed by atoms with E-state index in [1.54, 1.807) is 13.2 Å². The maximum Gasteiger partial charge on any atom is 0.213 e. The molecule has 0 aliphatic heterocycles. The second-order valence-corrected chi connectivity index (χ2v) is 3.01. The van der Waals surface area contributed by atoms with Gasteiger partial charge in [-0.2, -0.15) is 0 Å². The Morgan fingerprint density at radius 1 is 1.54 bits per heavy atom. The van der Waals surface area contributed by atoms with Crippen LogP contribution in [0.25, 0.3) is 0 Å². The number of nitrogens with zero attached hydrogens (tertiary/aromatic N) is 1. The molecule has 0 spiro atoms. The largest absolute Gasteiger partial charge is 0.481 e. The van der Waals surface area contributed by atoms with Crippen LogP contribution < -0.4 is 4.74 Å². The summed E-state index contributed by atoms with van der Waals surface area (Å²) in [5.74, 6) is 0.458. The van der Waals surface area contributed by atoms with E-state index in [4.69, 9.17) is 4.74 Å². The molecule has 0 fully saturated rings. The second-order valence-electron chi connectivity index (χ2n) is 3.01. The first-order chi connectivity index (χ1) is 6.17. The predicted molar refractivity (Wildman–Crippen MR) is 50.0 cm³/mol. The quantitative estimate of drug-likeness (QED) is 0.663. The third-order valence-electron chi connectivity index (χ3n) is 1.89. The van der Waals surface area contributed by atoms with Crippen molar-refractivity contribution in [3.05, 3.63) is 23.4 Å². The fraction of sp³-hybridized carbons (Fsp3) is 0.400. The number of carbonyl (C=O) groups is 1. The van der Waals surface area contributed by atoms with E-state index in [-0.39, 0.29) is 5.92 Å². The molecule has 3 heteroatoms. The predicted octanol–water partition coefficient (Wildman–Crippen LogP) is 1.70. The highest BCUT2D eigenvalue weighted by Gasteiger charge is 2.06. The summed E-state index contributed by atoms with van der Waals surface area (Å²) in [6, 6.07) is 3.67. The Bertz CT molecular complexity index is 310. The third kappa shape index (κ3) is 2.28. The standard InChI is InChI=1S/C10H13NO2/c1-7(6-12)9-4-8(2)11-10(5-9)13-3/h4-7H,1-3H3. The zero-order chi connectivity index (χ0) is 9.84. The summed E-state index contributed by atoms with van der Waals surface area (Å²) in [5, 5.41) is 0. The van der Waals surface area contributed by atoms with Crippen molar-refractivity contribution in [1.82, 2.24) is 4.98 Å². The van der Waals surface area contributed by atoms with E-state index in [1.165, 1.54) is 0 Å². The van der Waals surface area contributed by atoms with E-state index in [2.05, 4.69) is 4.98 Å². The summed E-state index contributed by atoms with van der Waals surface area (Å²) in [6.45, 7) is 3.73. The normalized spacial score (nSPS) is 12.2. The number of hydrogen-bond acceptors (Lipinski definition) is 3. The van der Waals surface area contributed by atoms with Crippen LogP contribution in [0.1, 0.15) is 24.1 Å². The van der Waals surface area contributed by atoms with Crippen LogP contribution in [0, 0.1) is 6.92 Å². The Hall–Kier alpha value is -1.38. The number of methoxy groups -OCH3 is 1. The first-order valence-electron chi connectivity index (χ1n) is 4.15. The van der Waals surface area contributed by atoms with Crippen LogP contribution >= 0.6 is 0 Å². The zero-order valence-electron chi connectivity index (χ0n) is 8.07. The fourth-order valence-corrected chi connectivity index (χ4v) is 1.11. The highest BCUT2D eigenvalue weighted by Crippen LogP contribution is 2.18. The Morgan fingerprint density at radius 2 is 2.23 bits per heavy atom. The molecule has 0 saturated heterocycles. The molecule has 13 heavy (non-hydrogen) atoms. The van der Waals surface area contributed by atoms with Gasteiger partial charge >= 0.3 is 0 Å². The van der Waals surface area contributed by atoms with Gasteiger partial charge in [0, 0.05) is 17.7 Å². The molecule has 3 nitrogen and oxygen atoms in total. The molecule has 0 aromatic carbocycles.